The first kappa shape index (κ1) is 13.4. The lowest BCUT2D eigenvalue weighted by molar-refractivity contribution is 0.622. The second kappa shape index (κ2) is 5.58. The molecule has 0 spiro atoms. The molecule has 0 amide bonds. The zero-order chi connectivity index (χ0) is 13.0. The van der Waals surface area contributed by atoms with Gasteiger partial charge in [0.1, 0.15) is 5.82 Å². The minimum absolute atomic E-state index is 0.207. The van der Waals surface area contributed by atoms with E-state index in [9.17, 15) is 4.39 Å². The summed E-state index contributed by atoms with van der Waals surface area (Å²) in [6, 6.07) is 5.20. The Balaban J connectivity index is 3.04. The van der Waals surface area contributed by atoms with Gasteiger partial charge in [-0.25, -0.2) is 4.39 Å². The van der Waals surface area contributed by atoms with Crippen LogP contribution in [-0.2, 0) is 0 Å². The Bertz CT molecular complexity index is 496. The molecule has 0 aliphatic rings. The summed E-state index contributed by atoms with van der Waals surface area (Å²) in [5.74, 6) is -0.207. The van der Waals surface area contributed by atoms with Crippen molar-refractivity contribution < 1.29 is 4.39 Å². The molecular formula is C15H18FN. The lowest BCUT2D eigenvalue weighted by atomic mass is 10.1. The quantitative estimate of drug-likeness (QED) is 0.678. The SMILES string of the molecule is C=C(C)C(C)=N/C=C(\C)c1ccc(C)cc1F. The van der Waals surface area contributed by atoms with Crippen molar-refractivity contribution >= 4 is 11.3 Å². The molecule has 0 N–H and O–H groups in total. The Morgan fingerprint density at radius 1 is 1.29 bits per heavy atom. The average molecular weight is 231 g/mol. The first-order chi connectivity index (χ1) is 7.91. The summed E-state index contributed by atoms with van der Waals surface area (Å²) in [5.41, 5.74) is 4.09. The van der Waals surface area contributed by atoms with Crippen molar-refractivity contribution in [2.24, 2.45) is 4.99 Å². The molecule has 0 atom stereocenters. The van der Waals surface area contributed by atoms with E-state index in [0.717, 1.165) is 22.4 Å². The van der Waals surface area contributed by atoms with Crippen molar-refractivity contribution in [1.29, 1.82) is 0 Å². The molecule has 0 heterocycles. The molecule has 2 heteroatoms. The fourth-order valence-corrected chi connectivity index (χ4v) is 1.31. The molecule has 1 aromatic rings. The van der Waals surface area contributed by atoms with Gasteiger partial charge in [-0.2, -0.15) is 0 Å². The van der Waals surface area contributed by atoms with Gasteiger partial charge >= 0.3 is 0 Å². The van der Waals surface area contributed by atoms with Gasteiger partial charge in [0.15, 0.2) is 0 Å². The molecule has 0 radical (unpaired) electrons. The molecule has 0 bridgehead atoms. The summed E-state index contributed by atoms with van der Waals surface area (Å²) >= 11 is 0. The molecule has 17 heavy (non-hydrogen) atoms. The van der Waals surface area contributed by atoms with Crippen LogP contribution in [0.1, 0.15) is 31.9 Å². The van der Waals surface area contributed by atoms with Gasteiger partial charge in [-0.15, -0.1) is 0 Å². The highest BCUT2D eigenvalue weighted by molar-refractivity contribution is 5.97. The van der Waals surface area contributed by atoms with Crippen LogP contribution in [0.25, 0.3) is 5.57 Å². The highest BCUT2D eigenvalue weighted by Gasteiger charge is 2.03. The van der Waals surface area contributed by atoms with Crippen LogP contribution < -0.4 is 0 Å². The van der Waals surface area contributed by atoms with Crippen LogP contribution in [0.15, 0.2) is 41.5 Å². The number of aryl methyl sites for hydroxylation is 1. The van der Waals surface area contributed by atoms with Crippen molar-refractivity contribution in [3.63, 3.8) is 0 Å². The van der Waals surface area contributed by atoms with Crippen LogP contribution >= 0.6 is 0 Å². The highest BCUT2D eigenvalue weighted by atomic mass is 19.1. The lowest BCUT2D eigenvalue weighted by Gasteiger charge is -2.04. The number of rotatable bonds is 3. The van der Waals surface area contributed by atoms with E-state index in [2.05, 4.69) is 11.6 Å². The van der Waals surface area contributed by atoms with Crippen molar-refractivity contribution in [3.05, 3.63) is 53.5 Å². The maximum Gasteiger partial charge on any atom is 0.131 e. The van der Waals surface area contributed by atoms with Gasteiger partial charge in [0, 0.05) is 17.5 Å². The van der Waals surface area contributed by atoms with Crippen LogP contribution in [0, 0.1) is 12.7 Å². The minimum Gasteiger partial charge on any atom is -0.261 e. The molecular weight excluding hydrogens is 213 g/mol. The molecule has 0 saturated heterocycles. The Morgan fingerprint density at radius 3 is 2.47 bits per heavy atom. The largest absolute Gasteiger partial charge is 0.261 e. The highest BCUT2D eigenvalue weighted by Crippen LogP contribution is 2.19. The Morgan fingerprint density at radius 2 is 1.94 bits per heavy atom. The van der Waals surface area contributed by atoms with E-state index >= 15 is 0 Å². The smallest absolute Gasteiger partial charge is 0.131 e. The molecule has 1 nitrogen and oxygen atoms in total. The third-order valence-electron chi connectivity index (χ3n) is 2.62. The van der Waals surface area contributed by atoms with Crippen molar-refractivity contribution in [3.8, 4) is 0 Å². The first-order valence-electron chi connectivity index (χ1n) is 5.55. The Labute approximate surface area is 102 Å². The van der Waals surface area contributed by atoms with E-state index in [1.165, 1.54) is 6.07 Å². The normalized spacial score (nSPS) is 12.8. The standard InChI is InChI=1S/C15H18FN/c1-10(2)13(5)17-9-12(4)14-7-6-11(3)8-15(14)16/h6-9H,1H2,2-5H3/b12-9+,17-13?. The summed E-state index contributed by atoms with van der Waals surface area (Å²) in [5, 5.41) is 0. The lowest BCUT2D eigenvalue weighted by Crippen LogP contribution is -1.91. The predicted molar refractivity (Wildman–Crippen MR) is 72.7 cm³/mol. The van der Waals surface area contributed by atoms with Crippen LogP contribution in [-0.4, -0.2) is 5.71 Å². The van der Waals surface area contributed by atoms with Gasteiger partial charge in [-0.1, -0.05) is 18.7 Å². The zero-order valence-corrected chi connectivity index (χ0v) is 10.8. The molecule has 1 aromatic carbocycles. The molecule has 0 aliphatic carbocycles. The van der Waals surface area contributed by atoms with Gasteiger partial charge < -0.3 is 0 Å². The molecule has 0 fully saturated rings. The summed E-state index contributed by atoms with van der Waals surface area (Å²) in [7, 11) is 0. The first-order valence-corrected chi connectivity index (χ1v) is 5.55. The molecule has 0 saturated carbocycles. The number of halogens is 1. The van der Waals surface area contributed by atoms with E-state index in [1.807, 2.05) is 33.8 Å². The number of aliphatic imine (C=N–C) groups is 1. The number of benzene rings is 1. The molecule has 90 valence electrons. The molecule has 0 unspecified atom stereocenters. The number of hydrogen-bond acceptors (Lipinski definition) is 1. The van der Waals surface area contributed by atoms with Gasteiger partial charge in [-0.3, -0.25) is 4.99 Å². The second-order valence-electron chi connectivity index (χ2n) is 4.29. The van der Waals surface area contributed by atoms with Gasteiger partial charge in [0.25, 0.3) is 0 Å². The third-order valence-corrected chi connectivity index (χ3v) is 2.62. The van der Waals surface area contributed by atoms with E-state index in [0.29, 0.717) is 5.56 Å². The molecule has 0 aliphatic heterocycles. The summed E-state index contributed by atoms with van der Waals surface area (Å²) in [6.07, 6.45) is 1.68. The van der Waals surface area contributed by atoms with Crippen LogP contribution in [0.4, 0.5) is 4.39 Å². The summed E-state index contributed by atoms with van der Waals surface area (Å²) in [6.45, 7) is 11.3. The van der Waals surface area contributed by atoms with Crippen molar-refractivity contribution in [2.45, 2.75) is 27.7 Å². The maximum absolute atomic E-state index is 13.7. The second-order valence-corrected chi connectivity index (χ2v) is 4.29. The van der Waals surface area contributed by atoms with Gasteiger partial charge in [0.2, 0.25) is 0 Å². The van der Waals surface area contributed by atoms with E-state index in [4.69, 9.17) is 0 Å². The minimum atomic E-state index is -0.207. The van der Waals surface area contributed by atoms with Crippen LogP contribution in [0.5, 0.6) is 0 Å². The van der Waals surface area contributed by atoms with E-state index in [-0.39, 0.29) is 5.82 Å². The fraction of sp³-hybridized carbons (Fsp3) is 0.267. The number of nitrogens with zero attached hydrogens (tertiary/aromatic N) is 1. The van der Waals surface area contributed by atoms with Crippen LogP contribution in [0.3, 0.4) is 0 Å². The van der Waals surface area contributed by atoms with Gasteiger partial charge in [-0.05, 0) is 50.5 Å². The Kier molecular flexibility index (Phi) is 4.38. The molecule has 1 rings (SSSR count). The maximum atomic E-state index is 13.7. The zero-order valence-electron chi connectivity index (χ0n) is 10.8. The summed E-state index contributed by atoms with van der Waals surface area (Å²) in [4.78, 5) is 4.25. The number of allylic oxidation sites excluding steroid dienone is 2. The monoisotopic (exact) mass is 231 g/mol. The van der Waals surface area contributed by atoms with E-state index < -0.39 is 0 Å². The summed E-state index contributed by atoms with van der Waals surface area (Å²) < 4.78 is 13.7. The average Bonchev–Trinajstić information content (AvgIpc) is 2.25. The number of hydrogen-bond donors (Lipinski definition) is 0. The molecule has 0 aromatic heterocycles. The fourth-order valence-electron chi connectivity index (χ4n) is 1.31. The van der Waals surface area contributed by atoms with Crippen molar-refractivity contribution in [1.82, 2.24) is 0 Å². The van der Waals surface area contributed by atoms with Crippen LogP contribution in [0.2, 0.25) is 0 Å². The van der Waals surface area contributed by atoms with Gasteiger partial charge in [0.05, 0.1) is 0 Å². The Hall–Kier alpha value is -1.70. The topological polar surface area (TPSA) is 12.4 Å². The third kappa shape index (κ3) is 3.66. The van der Waals surface area contributed by atoms with E-state index in [1.54, 1.807) is 12.3 Å². The van der Waals surface area contributed by atoms with Crippen molar-refractivity contribution in [2.75, 3.05) is 0 Å². The predicted octanol–water partition coefficient (Wildman–Crippen LogP) is 4.53.